The number of benzene rings is 1. The van der Waals surface area contributed by atoms with E-state index in [2.05, 4.69) is 35.3 Å². The molecule has 138 valence electrons. The van der Waals surface area contributed by atoms with E-state index in [4.69, 9.17) is 4.42 Å². The molecule has 6 nitrogen and oxygen atoms in total. The highest BCUT2D eigenvalue weighted by molar-refractivity contribution is 5.91. The summed E-state index contributed by atoms with van der Waals surface area (Å²) in [7, 11) is 1.81. The second-order valence-electron chi connectivity index (χ2n) is 6.90. The first kappa shape index (κ1) is 18.2. The molecular weight excluding hydrogens is 330 g/mol. The molecule has 0 radical (unpaired) electrons. The maximum Gasteiger partial charge on any atom is 0.287 e. The number of likely N-dealkylation sites (N-methyl/N-ethyl adjacent to an activating group) is 1. The van der Waals surface area contributed by atoms with Crippen molar-refractivity contribution < 1.29 is 14.0 Å². The molecule has 0 saturated carbocycles. The Hall–Kier alpha value is -2.60. The first-order chi connectivity index (χ1) is 12.5. The Kier molecular flexibility index (Phi) is 5.42. The Morgan fingerprint density at radius 3 is 2.81 bits per heavy atom. The summed E-state index contributed by atoms with van der Waals surface area (Å²) in [5.74, 6) is 0.160. The molecule has 0 spiro atoms. The zero-order chi connectivity index (χ0) is 18.7. The van der Waals surface area contributed by atoms with E-state index in [-0.39, 0.29) is 23.9 Å². The van der Waals surface area contributed by atoms with Crippen LogP contribution in [-0.2, 0) is 11.3 Å². The van der Waals surface area contributed by atoms with Gasteiger partial charge in [0.25, 0.3) is 5.91 Å². The number of amides is 2. The number of piperazine rings is 1. The lowest BCUT2D eigenvalue weighted by atomic mass is 10.0. The summed E-state index contributed by atoms with van der Waals surface area (Å²) in [5, 5.41) is 2.93. The molecule has 1 saturated heterocycles. The van der Waals surface area contributed by atoms with Gasteiger partial charge in [-0.1, -0.05) is 29.8 Å². The first-order valence-corrected chi connectivity index (χ1v) is 8.83. The molecule has 0 aliphatic carbocycles. The lowest BCUT2D eigenvalue weighted by Gasteiger charge is -2.43. The number of aryl methyl sites for hydroxylation is 1. The van der Waals surface area contributed by atoms with Gasteiger partial charge in [0.05, 0.1) is 12.3 Å². The number of rotatable bonds is 5. The molecule has 0 unspecified atom stereocenters. The first-order valence-electron chi connectivity index (χ1n) is 8.83. The van der Waals surface area contributed by atoms with Gasteiger partial charge in [-0.3, -0.25) is 14.5 Å². The van der Waals surface area contributed by atoms with E-state index in [0.717, 1.165) is 5.56 Å². The number of carbonyl (C=O) groups is 2. The van der Waals surface area contributed by atoms with Gasteiger partial charge in [-0.25, -0.2) is 0 Å². The third kappa shape index (κ3) is 3.96. The Bertz CT molecular complexity index is 772. The van der Waals surface area contributed by atoms with Crippen LogP contribution in [0.15, 0.2) is 47.1 Å². The zero-order valence-corrected chi connectivity index (χ0v) is 15.4. The van der Waals surface area contributed by atoms with E-state index < -0.39 is 0 Å². The van der Waals surface area contributed by atoms with E-state index in [1.165, 1.54) is 11.8 Å². The maximum absolute atomic E-state index is 12.4. The highest BCUT2D eigenvalue weighted by Gasteiger charge is 2.36. The molecule has 6 heteroatoms. The van der Waals surface area contributed by atoms with Crippen LogP contribution in [0.4, 0.5) is 0 Å². The van der Waals surface area contributed by atoms with Crippen molar-refractivity contribution in [3.63, 3.8) is 0 Å². The standard InChI is InChI=1S/C20H25N3O3/c1-14-6-4-7-16(10-14)12-23-15(2)20(25)22(3)13-17(23)11-21-19(24)18-8-5-9-26-18/h4-10,15,17H,11-13H2,1-3H3,(H,21,24)/t15-,17+/m0/s1. The van der Waals surface area contributed by atoms with Crippen molar-refractivity contribution in [2.24, 2.45) is 0 Å². The fraction of sp³-hybridized carbons (Fsp3) is 0.400. The van der Waals surface area contributed by atoms with Crippen molar-refractivity contribution in [2.75, 3.05) is 20.1 Å². The van der Waals surface area contributed by atoms with Crippen LogP contribution < -0.4 is 5.32 Å². The number of carbonyl (C=O) groups excluding carboxylic acids is 2. The van der Waals surface area contributed by atoms with Gasteiger partial charge in [0.1, 0.15) is 0 Å². The van der Waals surface area contributed by atoms with Crippen molar-refractivity contribution in [1.82, 2.24) is 15.1 Å². The van der Waals surface area contributed by atoms with E-state index in [0.29, 0.717) is 25.4 Å². The van der Waals surface area contributed by atoms with Crippen LogP contribution >= 0.6 is 0 Å². The van der Waals surface area contributed by atoms with E-state index in [1.807, 2.05) is 20.0 Å². The number of hydrogen-bond acceptors (Lipinski definition) is 4. The van der Waals surface area contributed by atoms with E-state index in [1.54, 1.807) is 17.0 Å². The summed E-state index contributed by atoms with van der Waals surface area (Å²) in [6.45, 7) is 5.68. The van der Waals surface area contributed by atoms with Crippen molar-refractivity contribution in [3.8, 4) is 0 Å². The maximum atomic E-state index is 12.4. The molecule has 3 rings (SSSR count). The third-order valence-corrected chi connectivity index (χ3v) is 4.88. The Balaban J connectivity index is 1.73. The van der Waals surface area contributed by atoms with Crippen molar-refractivity contribution in [2.45, 2.75) is 32.5 Å². The molecule has 0 bridgehead atoms. The highest BCUT2D eigenvalue weighted by Crippen LogP contribution is 2.20. The number of nitrogens with one attached hydrogen (secondary N) is 1. The van der Waals surface area contributed by atoms with E-state index in [9.17, 15) is 9.59 Å². The summed E-state index contributed by atoms with van der Waals surface area (Å²) >= 11 is 0. The second-order valence-corrected chi connectivity index (χ2v) is 6.90. The van der Waals surface area contributed by atoms with E-state index >= 15 is 0 Å². The van der Waals surface area contributed by atoms with Crippen LogP contribution in [0.1, 0.15) is 28.6 Å². The lowest BCUT2D eigenvalue weighted by Crippen LogP contribution is -2.62. The molecule has 1 N–H and O–H groups in total. The SMILES string of the molecule is Cc1cccc(CN2[C@H](CNC(=O)c3ccco3)CN(C)C(=O)[C@@H]2C)c1. The fourth-order valence-corrected chi connectivity index (χ4v) is 3.46. The predicted octanol–water partition coefficient (Wildman–Crippen LogP) is 2.05. The average molecular weight is 355 g/mol. The molecule has 1 aromatic carbocycles. The van der Waals surface area contributed by atoms with Gasteiger partial charge in [-0.15, -0.1) is 0 Å². The Labute approximate surface area is 153 Å². The average Bonchev–Trinajstić information content (AvgIpc) is 3.15. The van der Waals surface area contributed by atoms with Gasteiger partial charge in [0.15, 0.2) is 5.76 Å². The van der Waals surface area contributed by atoms with Gasteiger partial charge in [0, 0.05) is 32.7 Å². The van der Waals surface area contributed by atoms with Crippen molar-refractivity contribution >= 4 is 11.8 Å². The van der Waals surface area contributed by atoms with Crippen molar-refractivity contribution in [3.05, 3.63) is 59.5 Å². The number of hydrogen-bond donors (Lipinski definition) is 1. The van der Waals surface area contributed by atoms with Gasteiger partial charge >= 0.3 is 0 Å². The Morgan fingerprint density at radius 1 is 1.31 bits per heavy atom. The second kappa shape index (κ2) is 7.74. The summed E-state index contributed by atoms with van der Waals surface area (Å²) in [5.41, 5.74) is 2.36. The minimum absolute atomic E-state index is 0.0344. The normalized spacial score (nSPS) is 21.0. The topological polar surface area (TPSA) is 65.8 Å². The predicted molar refractivity (Wildman–Crippen MR) is 98.7 cm³/mol. The molecule has 1 aliphatic heterocycles. The summed E-state index contributed by atoms with van der Waals surface area (Å²) in [6.07, 6.45) is 1.48. The van der Waals surface area contributed by atoms with Crippen LogP contribution in [0.25, 0.3) is 0 Å². The molecular formula is C20H25N3O3. The molecule has 1 aliphatic rings. The molecule has 2 amide bonds. The van der Waals surface area contributed by atoms with Crippen LogP contribution in [0.5, 0.6) is 0 Å². The molecule has 26 heavy (non-hydrogen) atoms. The largest absolute Gasteiger partial charge is 0.459 e. The van der Waals surface area contributed by atoms with Crippen LogP contribution in [0.3, 0.4) is 0 Å². The molecule has 2 heterocycles. The fourth-order valence-electron chi connectivity index (χ4n) is 3.46. The molecule has 1 aromatic heterocycles. The van der Waals surface area contributed by atoms with Gasteiger partial charge < -0.3 is 14.6 Å². The number of nitrogens with zero attached hydrogens (tertiary/aromatic N) is 2. The minimum atomic E-state index is -0.238. The van der Waals surface area contributed by atoms with Gasteiger partial charge in [-0.05, 0) is 31.5 Å². The highest BCUT2D eigenvalue weighted by atomic mass is 16.3. The smallest absolute Gasteiger partial charge is 0.287 e. The lowest BCUT2D eigenvalue weighted by molar-refractivity contribution is -0.142. The van der Waals surface area contributed by atoms with Gasteiger partial charge in [-0.2, -0.15) is 0 Å². The quantitative estimate of drug-likeness (QED) is 0.891. The summed E-state index contributed by atoms with van der Waals surface area (Å²) in [4.78, 5) is 28.5. The van der Waals surface area contributed by atoms with Crippen molar-refractivity contribution in [1.29, 1.82) is 0 Å². The monoisotopic (exact) mass is 355 g/mol. The molecule has 1 fully saturated rings. The van der Waals surface area contributed by atoms with Crippen LogP contribution in [0.2, 0.25) is 0 Å². The third-order valence-electron chi connectivity index (χ3n) is 4.88. The molecule has 2 aromatic rings. The Morgan fingerprint density at radius 2 is 2.12 bits per heavy atom. The van der Waals surface area contributed by atoms with Crippen LogP contribution in [0, 0.1) is 6.92 Å². The summed E-state index contributed by atoms with van der Waals surface area (Å²) < 4.78 is 5.14. The zero-order valence-electron chi connectivity index (χ0n) is 15.4. The minimum Gasteiger partial charge on any atom is -0.459 e. The van der Waals surface area contributed by atoms with Crippen LogP contribution in [-0.4, -0.2) is 53.8 Å². The number of furan rings is 1. The summed E-state index contributed by atoms with van der Waals surface area (Å²) in [6, 6.07) is 11.4. The molecule has 2 atom stereocenters. The van der Waals surface area contributed by atoms with Gasteiger partial charge in [0.2, 0.25) is 5.91 Å².